The Kier molecular flexibility index (Phi) is 5.83. The van der Waals surface area contributed by atoms with Gasteiger partial charge in [0.2, 0.25) is 5.89 Å². The quantitative estimate of drug-likeness (QED) is 0.324. The number of amides is 1. The van der Waals surface area contributed by atoms with Crippen molar-refractivity contribution in [2.24, 2.45) is 0 Å². The van der Waals surface area contributed by atoms with Gasteiger partial charge in [-0.25, -0.2) is 4.98 Å². The number of para-hydroxylation sites is 2. The van der Waals surface area contributed by atoms with Gasteiger partial charge in [0.1, 0.15) is 11.2 Å². The van der Waals surface area contributed by atoms with Crippen LogP contribution < -0.4 is 15.5 Å². The summed E-state index contributed by atoms with van der Waals surface area (Å²) in [6.45, 7) is 2.63. The van der Waals surface area contributed by atoms with Crippen molar-refractivity contribution in [2.45, 2.75) is 0 Å². The van der Waals surface area contributed by atoms with Crippen molar-refractivity contribution in [3.8, 4) is 11.5 Å². The van der Waals surface area contributed by atoms with E-state index in [1.165, 1.54) is 18.3 Å². The van der Waals surface area contributed by atoms with Crippen molar-refractivity contribution >= 4 is 45.7 Å². The molecular formula is C23H19ClN6O4. The number of pyridine rings is 1. The molecule has 10 nitrogen and oxygen atoms in total. The predicted molar refractivity (Wildman–Crippen MR) is 128 cm³/mol. The average molecular weight is 479 g/mol. The molecule has 0 bridgehead atoms. The number of hydrogen-bond acceptors (Lipinski definition) is 8. The Bertz CT molecular complexity index is 1370. The smallest absolute Gasteiger partial charge is 0.293 e. The normalized spacial score (nSPS) is 13.7. The molecule has 1 aliphatic rings. The second-order valence-corrected chi connectivity index (χ2v) is 8.13. The molecule has 1 fully saturated rings. The monoisotopic (exact) mass is 478 g/mol. The Labute approximate surface area is 198 Å². The van der Waals surface area contributed by atoms with Crippen molar-refractivity contribution < 1.29 is 14.1 Å². The van der Waals surface area contributed by atoms with Gasteiger partial charge in [-0.3, -0.25) is 19.9 Å². The first-order valence-corrected chi connectivity index (χ1v) is 10.9. The Hall–Kier alpha value is -4.02. The van der Waals surface area contributed by atoms with E-state index in [1.807, 2.05) is 29.2 Å². The molecule has 34 heavy (non-hydrogen) atoms. The van der Waals surface area contributed by atoms with Crippen LogP contribution in [0.5, 0.6) is 0 Å². The number of nitrogens with one attached hydrogen (secondary N) is 2. The number of rotatable bonds is 5. The van der Waals surface area contributed by atoms with Crippen LogP contribution in [0.2, 0.25) is 5.02 Å². The van der Waals surface area contributed by atoms with E-state index in [-0.39, 0.29) is 16.3 Å². The number of oxazole rings is 1. The minimum atomic E-state index is -0.587. The Balaban J connectivity index is 1.42. The van der Waals surface area contributed by atoms with E-state index >= 15 is 0 Å². The SMILES string of the molecule is O=C(Nc1cncc(-c2nc3ccccc3o2)c1)c1cc([N+](=O)[O-])c(N2CCNCC2)cc1Cl. The van der Waals surface area contributed by atoms with E-state index < -0.39 is 10.8 Å². The summed E-state index contributed by atoms with van der Waals surface area (Å²) in [6, 6.07) is 11.7. The second-order valence-electron chi connectivity index (χ2n) is 7.72. The third-order valence-electron chi connectivity index (χ3n) is 5.50. The van der Waals surface area contributed by atoms with E-state index in [1.54, 1.807) is 12.3 Å². The lowest BCUT2D eigenvalue weighted by atomic mass is 10.1. The highest BCUT2D eigenvalue weighted by Gasteiger charge is 2.26. The van der Waals surface area contributed by atoms with Crippen LogP contribution in [0.1, 0.15) is 10.4 Å². The van der Waals surface area contributed by atoms with Crippen LogP contribution in [0.4, 0.5) is 17.1 Å². The fourth-order valence-electron chi connectivity index (χ4n) is 3.85. The number of benzene rings is 2. The number of halogens is 1. The predicted octanol–water partition coefficient (Wildman–Crippen LogP) is 4.11. The molecule has 1 aliphatic heterocycles. The van der Waals surface area contributed by atoms with Gasteiger partial charge in [0.15, 0.2) is 5.58 Å². The van der Waals surface area contributed by atoms with Gasteiger partial charge in [0, 0.05) is 38.4 Å². The molecule has 2 aromatic heterocycles. The second kappa shape index (κ2) is 9.08. The summed E-state index contributed by atoms with van der Waals surface area (Å²) in [5, 5.41) is 17.8. The minimum Gasteiger partial charge on any atom is -0.436 e. The molecule has 1 saturated heterocycles. The van der Waals surface area contributed by atoms with Crippen LogP contribution in [0.3, 0.4) is 0 Å². The molecule has 0 spiro atoms. The summed E-state index contributed by atoms with van der Waals surface area (Å²) in [7, 11) is 0. The maximum absolute atomic E-state index is 13.0. The molecule has 0 atom stereocenters. The molecule has 0 aliphatic carbocycles. The van der Waals surface area contributed by atoms with Gasteiger partial charge in [0.05, 0.1) is 33.0 Å². The molecule has 172 valence electrons. The summed E-state index contributed by atoms with van der Waals surface area (Å²) < 4.78 is 5.76. The van der Waals surface area contributed by atoms with Crippen LogP contribution in [0, 0.1) is 10.1 Å². The van der Waals surface area contributed by atoms with Crippen LogP contribution in [-0.4, -0.2) is 47.0 Å². The molecule has 0 unspecified atom stereocenters. The molecule has 4 aromatic rings. The average Bonchev–Trinajstić information content (AvgIpc) is 3.29. The van der Waals surface area contributed by atoms with Gasteiger partial charge >= 0.3 is 0 Å². The van der Waals surface area contributed by atoms with E-state index in [0.29, 0.717) is 60.1 Å². The van der Waals surface area contributed by atoms with Crippen molar-refractivity contribution in [1.29, 1.82) is 0 Å². The molecule has 1 amide bonds. The molecule has 0 radical (unpaired) electrons. The lowest BCUT2D eigenvalue weighted by Gasteiger charge is -2.29. The van der Waals surface area contributed by atoms with Crippen molar-refractivity contribution in [3.63, 3.8) is 0 Å². The van der Waals surface area contributed by atoms with E-state index in [9.17, 15) is 14.9 Å². The number of aromatic nitrogens is 2. The van der Waals surface area contributed by atoms with E-state index in [2.05, 4.69) is 20.6 Å². The third-order valence-corrected chi connectivity index (χ3v) is 5.81. The number of nitrogens with zero attached hydrogens (tertiary/aromatic N) is 4. The van der Waals surface area contributed by atoms with Gasteiger partial charge in [-0.1, -0.05) is 23.7 Å². The minimum absolute atomic E-state index is 0.000448. The van der Waals surface area contributed by atoms with Crippen molar-refractivity contribution in [2.75, 3.05) is 36.4 Å². The highest BCUT2D eigenvalue weighted by Crippen LogP contribution is 2.35. The van der Waals surface area contributed by atoms with Gasteiger partial charge < -0.3 is 20.0 Å². The summed E-state index contributed by atoms with van der Waals surface area (Å²) in [5.41, 5.74) is 2.50. The van der Waals surface area contributed by atoms with Crippen LogP contribution in [-0.2, 0) is 0 Å². The van der Waals surface area contributed by atoms with Crippen LogP contribution >= 0.6 is 11.6 Å². The fraction of sp³-hybridized carbons (Fsp3) is 0.174. The van der Waals surface area contributed by atoms with Gasteiger partial charge in [0.25, 0.3) is 11.6 Å². The number of fused-ring (bicyclic) bond motifs is 1. The highest BCUT2D eigenvalue weighted by atomic mass is 35.5. The molecule has 3 heterocycles. The lowest BCUT2D eigenvalue weighted by molar-refractivity contribution is -0.384. The Morgan fingerprint density at radius 3 is 2.74 bits per heavy atom. The molecule has 11 heteroatoms. The topological polar surface area (TPSA) is 126 Å². The third kappa shape index (κ3) is 4.28. The fourth-order valence-corrected chi connectivity index (χ4v) is 4.09. The number of nitro groups is 1. The number of piperazine rings is 1. The molecule has 5 rings (SSSR count). The number of nitro benzene ring substituents is 1. The standard InChI is InChI=1S/C23H19ClN6O4/c24-17-11-19(29-7-5-25-6-8-29)20(30(32)33)10-16(17)22(31)27-15-9-14(12-26-13-15)23-28-18-3-1-2-4-21(18)34-23/h1-4,9-13,25H,5-8H2,(H,27,31). The van der Waals surface area contributed by atoms with Gasteiger partial charge in [-0.15, -0.1) is 0 Å². The number of anilines is 2. The van der Waals surface area contributed by atoms with E-state index in [4.69, 9.17) is 16.0 Å². The Morgan fingerprint density at radius 1 is 1.18 bits per heavy atom. The van der Waals surface area contributed by atoms with E-state index in [0.717, 1.165) is 0 Å². The summed E-state index contributed by atoms with van der Waals surface area (Å²) in [4.78, 5) is 34.7. The van der Waals surface area contributed by atoms with Crippen LogP contribution in [0.15, 0.2) is 59.3 Å². The molecule has 2 N–H and O–H groups in total. The maximum Gasteiger partial charge on any atom is 0.293 e. The zero-order valence-corrected chi connectivity index (χ0v) is 18.6. The summed E-state index contributed by atoms with van der Waals surface area (Å²) >= 11 is 6.39. The van der Waals surface area contributed by atoms with Crippen molar-refractivity contribution in [1.82, 2.24) is 15.3 Å². The first-order valence-electron chi connectivity index (χ1n) is 10.6. The van der Waals surface area contributed by atoms with Gasteiger partial charge in [-0.05, 0) is 24.3 Å². The number of carbonyl (C=O) groups excluding carboxylic acids is 1. The number of hydrogen-bond donors (Lipinski definition) is 2. The Morgan fingerprint density at radius 2 is 1.97 bits per heavy atom. The first kappa shape index (κ1) is 21.8. The first-order chi connectivity index (χ1) is 16.5. The largest absolute Gasteiger partial charge is 0.436 e. The zero-order valence-electron chi connectivity index (χ0n) is 17.8. The lowest BCUT2D eigenvalue weighted by Crippen LogP contribution is -2.43. The maximum atomic E-state index is 13.0. The number of carbonyl (C=O) groups is 1. The zero-order chi connectivity index (χ0) is 23.7. The summed E-state index contributed by atoms with van der Waals surface area (Å²) in [6.07, 6.45) is 3.03. The van der Waals surface area contributed by atoms with Crippen molar-refractivity contribution in [3.05, 3.63) is 75.6 Å². The highest BCUT2D eigenvalue weighted by molar-refractivity contribution is 6.35. The molecule has 2 aromatic carbocycles. The molecule has 0 saturated carbocycles. The molecular weight excluding hydrogens is 460 g/mol. The van der Waals surface area contributed by atoms with Crippen LogP contribution in [0.25, 0.3) is 22.6 Å². The summed E-state index contributed by atoms with van der Waals surface area (Å²) in [5.74, 6) is -0.227. The van der Waals surface area contributed by atoms with Gasteiger partial charge in [-0.2, -0.15) is 0 Å².